The molecule has 0 unspecified atom stereocenters. The van der Waals surface area contributed by atoms with Crippen LogP contribution in [0.5, 0.6) is 0 Å². The van der Waals surface area contributed by atoms with Gasteiger partial charge in [-0.3, -0.25) is 4.79 Å². The summed E-state index contributed by atoms with van der Waals surface area (Å²) in [5, 5.41) is 2.52. The zero-order valence-corrected chi connectivity index (χ0v) is 12.8. The molecule has 0 aliphatic heterocycles. The number of ether oxygens (including phenoxy) is 1. The topological polar surface area (TPSA) is 55.4 Å². The van der Waals surface area contributed by atoms with Crippen LogP contribution in [0, 0.1) is 11.7 Å². The molecule has 114 valence electrons. The molecule has 1 aromatic rings. The molecule has 1 aliphatic rings. The van der Waals surface area contributed by atoms with Crippen LogP contribution in [-0.4, -0.2) is 24.5 Å². The fraction of sp³-hybridized carbons (Fsp3) is 0.429. The van der Waals surface area contributed by atoms with E-state index in [4.69, 9.17) is 27.9 Å². The third-order valence-corrected chi connectivity index (χ3v) is 3.88. The second kappa shape index (κ2) is 6.62. The Balaban J connectivity index is 1.89. The predicted octanol–water partition coefficient (Wildman–Crippen LogP) is 3.20. The third-order valence-electron chi connectivity index (χ3n) is 3.28. The summed E-state index contributed by atoms with van der Waals surface area (Å²) < 4.78 is 18.1. The van der Waals surface area contributed by atoms with Crippen molar-refractivity contribution in [2.45, 2.75) is 25.8 Å². The molecule has 0 saturated heterocycles. The van der Waals surface area contributed by atoms with Crippen molar-refractivity contribution in [1.82, 2.24) is 5.32 Å². The van der Waals surface area contributed by atoms with Crippen molar-refractivity contribution in [1.29, 1.82) is 0 Å². The maximum Gasteiger partial charge on any atom is 0.340 e. The number of rotatable bonds is 5. The minimum Gasteiger partial charge on any atom is -0.452 e. The first-order valence-corrected chi connectivity index (χ1v) is 7.25. The predicted molar refractivity (Wildman–Crippen MR) is 77.0 cm³/mol. The van der Waals surface area contributed by atoms with E-state index in [1.807, 2.05) is 6.92 Å². The number of esters is 1. The van der Waals surface area contributed by atoms with Gasteiger partial charge in [0.15, 0.2) is 6.61 Å². The van der Waals surface area contributed by atoms with Gasteiger partial charge in [-0.15, -0.1) is 0 Å². The van der Waals surface area contributed by atoms with Gasteiger partial charge >= 0.3 is 5.97 Å². The van der Waals surface area contributed by atoms with Crippen molar-refractivity contribution in [2.75, 3.05) is 6.61 Å². The highest BCUT2D eigenvalue weighted by atomic mass is 35.5. The van der Waals surface area contributed by atoms with Crippen LogP contribution in [0.2, 0.25) is 10.0 Å². The Bertz CT molecular complexity index is 576. The van der Waals surface area contributed by atoms with Gasteiger partial charge in [0, 0.05) is 6.04 Å². The van der Waals surface area contributed by atoms with E-state index in [2.05, 4.69) is 5.32 Å². The van der Waals surface area contributed by atoms with E-state index in [-0.39, 0.29) is 21.7 Å². The van der Waals surface area contributed by atoms with Crippen molar-refractivity contribution < 1.29 is 18.7 Å². The van der Waals surface area contributed by atoms with Crippen molar-refractivity contribution in [3.8, 4) is 0 Å². The molecule has 0 radical (unpaired) electrons. The zero-order chi connectivity index (χ0) is 15.6. The molecule has 1 fully saturated rings. The number of carbonyl (C=O) groups excluding carboxylic acids is 2. The van der Waals surface area contributed by atoms with Crippen LogP contribution in [0.1, 0.15) is 30.1 Å². The average molecular weight is 334 g/mol. The quantitative estimate of drug-likeness (QED) is 0.665. The Morgan fingerprint density at radius 1 is 1.38 bits per heavy atom. The number of hydrogen-bond acceptors (Lipinski definition) is 3. The molecule has 1 aromatic carbocycles. The lowest BCUT2D eigenvalue weighted by Gasteiger charge is -2.13. The minimum atomic E-state index is -0.871. The van der Waals surface area contributed by atoms with Crippen LogP contribution in [-0.2, 0) is 9.53 Å². The van der Waals surface area contributed by atoms with Crippen molar-refractivity contribution in [2.24, 2.45) is 5.92 Å². The summed E-state index contributed by atoms with van der Waals surface area (Å²) in [4.78, 5) is 23.4. The lowest BCUT2D eigenvalue weighted by Crippen LogP contribution is -2.37. The van der Waals surface area contributed by atoms with Crippen LogP contribution >= 0.6 is 23.2 Å². The summed E-state index contributed by atoms with van der Waals surface area (Å²) in [7, 11) is 0. The fourth-order valence-electron chi connectivity index (χ4n) is 1.90. The normalized spacial score (nSPS) is 15.4. The number of nitrogens with one attached hydrogen (secondary N) is 1. The van der Waals surface area contributed by atoms with Crippen LogP contribution in [0.25, 0.3) is 0 Å². The maximum atomic E-state index is 13.3. The van der Waals surface area contributed by atoms with Gasteiger partial charge < -0.3 is 10.1 Å². The van der Waals surface area contributed by atoms with Crippen molar-refractivity contribution >= 4 is 35.1 Å². The van der Waals surface area contributed by atoms with E-state index >= 15 is 0 Å². The van der Waals surface area contributed by atoms with Gasteiger partial charge in [-0.2, -0.15) is 0 Å². The molecule has 1 saturated carbocycles. The minimum absolute atomic E-state index is 0.0295. The maximum absolute atomic E-state index is 13.3. The first kappa shape index (κ1) is 16.0. The zero-order valence-electron chi connectivity index (χ0n) is 11.3. The molecular weight excluding hydrogens is 320 g/mol. The second-order valence-corrected chi connectivity index (χ2v) is 5.83. The molecule has 1 atom stereocenters. The number of carbonyl (C=O) groups is 2. The molecule has 0 spiro atoms. The van der Waals surface area contributed by atoms with Gasteiger partial charge in [-0.05, 0) is 37.8 Å². The molecule has 21 heavy (non-hydrogen) atoms. The second-order valence-electron chi connectivity index (χ2n) is 5.02. The van der Waals surface area contributed by atoms with E-state index < -0.39 is 24.3 Å². The van der Waals surface area contributed by atoms with E-state index in [1.165, 1.54) is 0 Å². The summed E-state index contributed by atoms with van der Waals surface area (Å²) >= 11 is 11.3. The number of benzene rings is 1. The lowest BCUT2D eigenvalue weighted by molar-refractivity contribution is -0.124. The standard InChI is InChI=1S/C14H14Cl2FNO3/c1-7(8-2-3-8)18-13(19)6-21-14(20)9-4-12(17)11(16)5-10(9)15/h4-5,7-8H,2-3,6H2,1H3,(H,18,19)/t7-/m0/s1. The summed E-state index contributed by atoms with van der Waals surface area (Å²) in [6.45, 7) is 1.47. The summed E-state index contributed by atoms with van der Waals surface area (Å²) in [6, 6.07) is 2.06. The highest BCUT2D eigenvalue weighted by molar-refractivity contribution is 6.36. The monoisotopic (exact) mass is 333 g/mol. The van der Waals surface area contributed by atoms with Gasteiger partial charge in [0.05, 0.1) is 15.6 Å². The van der Waals surface area contributed by atoms with Crippen molar-refractivity contribution in [3.05, 3.63) is 33.6 Å². The first-order valence-electron chi connectivity index (χ1n) is 6.49. The van der Waals surface area contributed by atoms with Crippen molar-refractivity contribution in [3.63, 3.8) is 0 Å². The molecular formula is C14H14Cl2FNO3. The summed E-state index contributed by atoms with van der Waals surface area (Å²) in [5.74, 6) is -1.54. The Labute approximate surface area is 131 Å². The number of hydrogen-bond donors (Lipinski definition) is 1. The Morgan fingerprint density at radius 2 is 2.05 bits per heavy atom. The molecule has 2 rings (SSSR count). The molecule has 0 heterocycles. The van der Waals surface area contributed by atoms with E-state index in [0.29, 0.717) is 5.92 Å². The van der Waals surface area contributed by atoms with E-state index in [9.17, 15) is 14.0 Å². The molecule has 1 amide bonds. The molecule has 7 heteroatoms. The fourth-order valence-corrected chi connectivity index (χ4v) is 2.36. The van der Waals surface area contributed by atoms with Gasteiger partial charge in [-0.1, -0.05) is 23.2 Å². The smallest absolute Gasteiger partial charge is 0.340 e. The van der Waals surface area contributed by atoms with Crippen LogP contribution < -0.4 is 5.32 Å². The number of halogens is 3. The summed E-state index contributed by atoms with van der Waals surface area (Å²) in [5.41, 5.74) is -0.165. The van der Waals surface area contributed by atoms with Crippen LogP contribution in [0.4, 0.5) is 4.39 Å². The van der Waals surface area contributed by atoms with Gasteiger partial charge in [0.1, 0.15) is 5.82 Å². The Hall–Kier alpha value is -1.33. The molecule has 4 nitrogen and oxygen atoms in total. The molecule has 1 aliphatic carbocycles. The summed E-state index contributed by atoms with van der Waals surface area (Å²) in [6.07, 6.45) is 2.20. The molecule has 0 aromatic heterocycles. The van der Waals surface area contributed by atoms with Gasteiger partial charge in [0.25, 0.3) is 5.91 Å². The highest BCUT2D eigenvalue weighted by Gasteiger charge is 2.29. The van der Waals surface area contributed by atoms with Crippen LogP contribution in [0.15, 0.2) is 12.1 Å². The molecule has 1 N–H and O–H groups in total. The Morgan fingerprint density at radius 3 is 2.67 bits per heavy atom. The van der Waals surface area contributed by atoms with Gasteiger partial charge in [-0.25, -0.2) is 9.18 Å². The molecule has 0 bridgehead atoms. The lowest BCUT2D eigenvalue weighted by atomic mass is 10.2. The van der Waals surface area contributed by atoms with E-state index in [1.54, 1.807) is 0 Å². The largest absolute Gasteiger partial charge is 0.452 e. The Kier molecular flexibility index (Phi) is 5.06. The first-order chi connectivity index (χ1) is 9.88. The van der Waals surface area contributed by atoms with E-state index in [0.717, 1.165) is 25.0 Å². The highest BCUT2D eigenvalue weighted by Crippen LogP contribution is 2.32. The van der Waals surface area contributed by atoms with Gasteiger partial charge in [0.2, 0.25) is 0 Å². The number of amides is 1. The SMILES string of the molecule is C[C@H](NC(=O)COC(=O)c1cc(F)c(Cl)cc1Cl)C1CC1. The third kappa shape index (κ3) is 4.32. The van der Waals surface area contributed by atoms with Crippen LogP contribution in [0.3, 0.4) is 0 Å². The average Bonchev–Trinajstić information content (AvgIpc) is 3.24.